The fraction of sp³-hybridized carbons (Fsp3) is 0.571. The monoisotopic (exact) mass is 219 g/mol. The number of nitrogens with two attached hydrogens (primary N) is 1. The van der Waals surface area contributed by atoms with Crippen molar-refractivity contribution in [2.45, 2.75) is 26.8 Å². The van der Waals surface area contributed by atoms with Gasteiger partial charge in [-0.1, -0.05) is 5.16 Å². The molecule has 0 aliphatic carbocycles. The Morgan fingerprint density at radius 1 is 1.50 bits per heavy atom. The predicted molar refractivity (Wildman–Crippen MR) is 50.6 cm³/mol. The standard InChI is InChI=1S/C7H13N3O3S/c1-4-7(6(3)13-9-4)5(2)10-14(8,11)12/h5,10H,1-3H3,(H2,8,11,12). The lowest BCUT2D eigenvalue weighted by molar-refractivity contribution is 0.391. The van der Waals surface area contributed by atoms with Gasteiger partial charge in [-0.15, -0.1) is 0 Å². The minimum Gasteiger partial charge on any atom is -0.361 e. The molecule has 1 heterocycles. The van der Waals surface area contributed by atoms with E-state index in [1.165, 1.54) is 0 Å². The Morgan fingerprint density at radius 3 is 2.43 bits per heavy atom. The Kier molecular flexibility index (Phi) is 2.93. The molecule has 1 atom stereocenters. The van der Waals surface area contributed by atoms with E-state index in [0.29, 0.717) is 11.5 Å². The quantitative estimate of drug-likeness (QED) is 0.755. The van der Waals surface area contributed by atoms with Gasteiger partial charge < -0.3 is 4.52 Å². The highest BCUT2D eigenvalue weighted by atomic mass is 32.2. The van der Waals surface area contributed by atoms with Gasteiger partial charge in [0.25, 0.3) is 10.2 Å². The van der Waals surface area contributed by atoms with Crippen molar-refractivity contribution in [3.05, 3.63) is 17.0 Å². The van der Waals surface area contributed by atoms with Crippen LogP contribution in [0.15, 0.2) is 4.52 Å². The van der Waals surface area contributed by atoms with Crippen molar-refractivity contribution in [2.75, 3.05) is 0 Å². The van der Waals surface area contributed by atoms with E-state index in [0.717, 1.165) is 5.56 Å². The first-order valence-corrected chi connectivity index (χ1v) is 5.58. The van der Waals surface area contributed by atoms with Crippen LogP contribution in [0.4, 0.5) is 0 Å². The van der Waals surface area contributed by atoms with E-state index in [4.69, 9.17) is 9.66 Å². The molecule has 0 saturated carbocycles. The molecule has 0 aliphatic rings. The van der Waals surface area contributed by atoms with Gasteiger partial charge in [0.05, 0.1) is 11.7 Å². The van der Waals surface area contributed by atoms with Crippen LogP contribution in [0.3, 0.4) is 0 Å². The topological polar surface area (TPSA) is 98.2 Å². The molecular formula is C7H13N3O3S. The summed E-state index contributed by atoms with van der Waals surface area (Å²) in [4.78, 5) is 0. The Balaban J connectivity index is 2.95. The van der Waals surface area contributed by atoms with Gasteiger partial charge in [-0.2, -0.15) is 13.1 Å². The fourth-order valence-corrected chi connectivity index (χ4v) is 2.02. The van der Waals surface area contributed by atoms with E-state index < -0.39 is 16.3 Å². The van der Waals surface area contributed by atoms with Crippen LogP contribution in [0.2, 0.25) is 0 Å². The zero-order chi connectivity index (χ0) is 10.9. The molecule has 0 aromatic carbocycles. The van der Waals surface area contributed by atoms with Gasteiger partial charge >= 0.3 is 0 Å². The Hall–Kier alpha value is -0.920. The van der Waals surface area contributed by atoms with E-state index in [1.54, 1.807) is 20.8 Å². The molecule has 0 bridgehead atoms. The molecule has 0 saturated heterocycles. The normalized spacial score (nSPS) is 14.3. The molecule has 0 radical (unpaired) electrons. The lowest BCUT2D eigenvalue weighted by Gasteiger charge is -2.10. The maximum absolute atomic E-state index is 10.8. The summed E-state index contributed by atoms with van der Waals surface area (Å²) in [6.07, 6.45) is 0. The van der Waals surface area contributed by atoms with Crippen molar-refractivity contribution in [1.29, 1.82) is 0 Å². The van der Waals surface area contributed by atoms with Crippen LogP contribution in [0, 0.1) is 13.8 Å². The van der Waals surface area contributed by atoms with Crippen molar-refractivity contribution in [1.82, 2.24) is 9.88 Å². The molecule has 0 spiro atoms. The third-order valence-corrected chi connectivity index (χ3v) is 2.54. The maximum atomic E-state index is 10.8. The molecule has 3 N–H and O–H groups in total. The Morgan fingerprint density at radius 2 is 2.07 bits per heavy atom. The highest BCUT2D eigenvalue weighted by molar-refractivity contribution is 7.87. The minimum absolute atomic E-state index is 0.434. The first kappa shape index (κ1) is 11.2. The average molecular weight is 219 g/mol. The van der Waals surface area contributed by atoms with Crippen molar-refractivity contribution < 1.29 is 12.9 Å². The second-order valence-corrected chi connectivity index (χ2v) is 4.45. The molecule has 0 aliphatic heterocycles. The fourth-order valence-electron chi connectivity index (χ4n) is 1.41. The third kappa shape index (κ3) is 2.53. The molecule has 7 heteroatoms. The van der Waals surface area contributed by atoms with Crippen LogP contribution in [-0.2, 0) is 10.2 Å². The van der Waals surface area contributed by atoms with Gasteiger partial charge in [-0.3, -0.25) is 0 Å². The molecule has 80 valence electrons. The Bertz CT molecular complexity index is 404. The lowest BCUT2D eigenvalue weighted by atomic mass is 10.1. The average Bonchev–Trinajstić information content (AvgIpc) is 2.27. The first-order chi connectivity index (χ1) is 6.31. The summed E-state index contributed by atoms with van der Waals surface area (Å²) in [7, 11) is -3.70. The molecule has 1 unspecified atom stereocenters. The highest BCUT2D eigenvalue weighted by Gasteiger charge is 2.19. The number of aryl methyl sites for hydroxylation is 2. The summed E-state index contributed by atoms with van der Waals surface area (Å²) < 4.78 is 28.7. The van der Waals surface area contributed by atoms with Crippen LogP contribution in [0.1, 0.15) is 30.0 Å². The van der Waals surface area contributed by atoms with Crippen LogP contribution >= 0.6 is 0 Å². The number of aromatic nitrogens is 1. The zero-order valence-electron chi connectivity index (χ0n) is 8.23. The second-order valence-electron chi connectivity index (χ2n) is 3.12. The van der Waals surface area contributed by atoms with Crippen molar-refractivity contribution in [3.63, 3.8) is 0 Å². The number of rotatable bonds is 3. The molecular weight excluding hydrogens is 206 g/mol. The molecule has 1 aromatic heterocycles. The van der Waals surface area contributed by atoms with Crippen LogP contribution < -0.4 is 9.86 Å². The highest BCUT2D eigenvalue weighted by Crippen LogP contribution is 2.20. The number of nitrogens with zero attached hydrogens (tertiary/aromatic N) is 1. The SMILES string of the molecule is Cc1noc(C)c1C(C)NS(N)(=O)=O. The van der Waals surface area contributed by atoms with Gasteiger partial charge in [-0.25, -0.2) is 5.14 Å². The molecule has 6 nitrogen and oxygen atoms in total. The van der Waals surface area contributed by atoms with Gasteiger partial charge in [0.15, 0.2) is 0 Å². The molecule has 0 fully saturated rings. The van der Waals surface area contributed by atoms with E-state index in [-0.39, 0.29) is 0 Å². The Labute approximate surface area is 82.6 Å². The summed E-state index contributed by atoms with van der Waals surface area (Å²) in [6, 6.07) is -0.434. The van der Waals surface area contributed by atoms with Crippen LogP contribution in [0.25, 0.3) is 0 Å². The van der Waals surface area contributed by atoms with Gasteiger partial charge in [-0.05, 0) is 20.8 Å². The van der Waals surface area contributed by atoms with E-state index in [2.05, 4.69) is 9.88 Å². The molecule has 1 aromatic rings. The summed E-state index contributed by atoms with van der Waals surface area (Å²) in [5.41, 5.74) is 1.38. The lowest BCUT2D eigenvalue weighted by Crippen LogP contribution is -2.33. The van der Waals surface area contributed by atoms with Crippen LogP contribution in [-0.4, -0.2) is 13.6 Å². The summed E-state index contributed by atoms with van der Waals surface area (Å²) in [5.74, 6) is 0.589. The van der Waals surface area contributed by atoms with Crippen molar-refractivity contribution >= 4 is 10.2 Å². The van der Waals surface area contributed by atoms with Crippen LogP contribution in [0.5, 0.6) is 0 Å². The molecule has 0 amide bonds. The second kappa shape index (κ2) is 3.68. The smallest absolute Gasteiger partial charge is 0.274 e. The molecule has 1 rings (SSSR count). The predicted octanol–water partition coefficient (Wildman–Crippen LogP) is 0.146. The van der Waals surface area contributed by atoms with Gasteiger partial charge in [0.2, 0.25) is 0 Å². The number of nitrogens with one attached hydrogen (secondary N) is 1. The van der Waals surface area contributed by atoms with Crippen molar-refractivity contribution in [2.24, 2.45) is 5.14 Å². The van der Waals surface area contributed by atoms with Gasteiger partial charge in [0, 0.05) is 5.56 Å². The van der Waals surface area contributed by atoms with E-state index in [9.17, 15) is 8.42 Å². The summed E-state index contributed by atoms with van der Waals surface area (Å²) in [6.45, 7) is 5.14. The maximum Gasteiger partial charge on any atom is 0.274 e. The number of hydrogen-bond acceptors (Lipinski definition) is 4. The zero-order valence-corrected chi connectivity index (χ0v) is 9.05. The first-order valence-electron chi connectivity index (χ1n) is 4.04. The number of hydrogen-bond donors (Lipinski definition) is 2. The van der Waals surface area contributed by atoms with Gasteiger partial charge in [0.1, 0.15) is 5.76 Å². The largest absolute Gasteiger partial charge is 0.361 e. The summed E-state index contributed by atoms with van der Waals surface area (Å²) in [5, 5.41) is 8.57. The van der Waals surface area contributed by atoms with E-state index in [1.807, 2.05) is 0 Å². The summed E-state index contributed by atoms with van der Waals surface area (Å²) >= 11 is 0. The van der Waals surface area contributed by atoms with Crippen molar-refractivity contribution in [3.8, 4) is 0 Å². The third-order valence-electron chi connectivity index (χ3n) is 1.86. The minimum atomic E-state index is -3.70. The van der Waals surface area contributed by atoms with E-state index >= 15 is 0 Å². The molecule has 14 heavy (non-hydrogen) atoms.